The Hall–Kier alpha value is -3.58. The zero-order valence-corrected chi connectivity index (χ0v) is 16.8. The van der Waals surface area contributed by atoms with E-state index in [9.17, 15) is 9.18 Å². The van der Waals surface area contributed by atoms with Gasteiger partial charge in [-0.15, -0.1) is 0 Å². The lowest BCUT2D eigenvalue weighted by atomic mass is 10.1. The van der Waals surface area contributed by atoms with Crippen molar-refractivity contribution in [2.75, 3.05) is 0 Å². The summed E-state index contributed by atoms with van der Waals surface area (Å²) in [4.78, 5) is 17.3. The zero-order chi connectivity index (χ0) is 21.1. The van der Waals surface area contributed by atoms with Crippen molar-refractivity contribution in [3.63, 3.8) is 0 Å². The van der Waals surface area contributed by atoms with Crippen LogP contribution in [0.15, 0.2) is 73.1 Å². The molecule has 0 aliphatic carbocycles. The molecule has 0 unspecified atom stereocenters. The summed E-state index contributed by atoms with van der Waals surface area (Å²) >= 11 is 5.07. The maximum Gasteiger partial charge on any atom is 0.268 e. The van der Waals surface area contributed by atoms with Crippen LogP contribution in [0.1, 0.15) is 27.2 Å². The number of hydrogen-bond donors (Lipinski definition) is 2. The molecule has 0 aliphatic rings. The van der Waals surface area contributed by atoms with Crippen molar-refractivity contribution < 1.29 is 9.18 Å². The second-order valence-corrected chi connectivity index (χ2v) is 7.36. The molecule has 4 rings (SSSR count). The van der Waals surface area contributed by atoms with E-state index in [1.807, 2.05) is 41.0 Å². The second kappa shape index (κ2) is 8.42. The molecule has 5 nitrogen and oxygen atoms in total. The zero-order valence-electron chi connectivity index (χ0n) is 16.0. The molecular formula is C23H19FN4OS. The van der Waals surface area contributed by atoms with E-state index in [1.54, 1.807) is 24.5 Å². The third-order valence-electron chi connectivity index (χ3n) is 4.85. The van der Waals surface area contributed by atoms with Crippen molar-refractivity contribution in [3.05, 3.63) is 101 Å². The van der Waals surface area contributed by atoms with Gasteiger partial charge in [-0.25, -0.2) is 4.39 Å². The quantitative estimate of drug-likeness (QED) is 0.468. The maximum absolute atomic E-state index is 13.8. The van der Waals surface area contributed by atoms with Crippen LogP contribution in [0.3, 0.4) is 0 Å². The minimum atomic E-state index is -0.348. The molecule has 150 valence electrons. The molecule has 2 heterocycles. The van der Waals surface area contributed by atoms with Gasteiger partial charge in [0.2, 0.25) is 0 Å². The second-order valence-electron chi connectivity index (χ2n) is 6.92. The minimum absolute atomic E-state index is 0.242. The molecule has 7 heteroatoms. The molecule has 0 spiro atoms. The fraction of sp³-hybridized carbons (Fsp3) is 0.0870. The summed E-state index contributed by atoms with van der Waals surface area (Å²) in [7, 11) is 0. The summed E-state index contributed by atoms with van der Waals surface area (Å²) < 4.78 is 15.6. The lowest BCUT2D eigenvalue weighted by Gasteiger charge is -2.12. The van der Waals surface area contributed by atoms with Crippen molar-refractivity contribution in [2.24, 2.45) is 5.73 Å². The van der Waals surface area contributed by atoms with E-state index in [2.05, 4.69) is 10.3 Å². The molecule has 0 atom stereocenters. The third-order valence-corrected chi connectivity index (χ3v) is 5.09. The number of pyridine rings is 1. The number of fused-ring (bicyclic) bond motifs is 1. The van der Waals surface area contributed by atoms with E-state index in [1.165, 1.54) is 12.1 Å². The number of nitrogens with zero attached hydrogens (tertiary/aromatic N) is 2. The van der Waals surface area contributed by atoms with Gasteiger partial charge in [-0.3, -0.25) is 9.78 Å². The van der Waals surface area contributed by atoms with Gasteiger partial charge in [0.25, 0.3) is 5.91 Å². The minimum Gasteiger partial charge on any atom is -0.389 e. The fourth-order valence-corrected chi connectivity index (χ4v) is 3.51. The molecule has 2 aromatic carbocycles. The number of carbonyl (C=O) groups excluding carboxylic acids is 1. The third kappa shape index (κ3) is 4.21. The molecule has 0 bridgehead atoms. The summed E-state index contributed by atoms with van der Waals surface area (Å²) in [6.07, 6.45) is 3.35. The molecule has 0 saturated heterocycles. The average Bonchev–Trinajstić information content (AvgIpc) is 3.10. The van der Waals surface area contributed by atoms with Crippen molar-refractivity contribution in [1.82, 2.24) is 14.9 Å². The number of thiocarbonyl (C=S) groups is 1. The Bertz CT molecular complexity index is 1240. The van der Waals surface area contributed by atoms with E-state index in [4.69, 9.17) is 18.0 Å². The molecule has 2 aromatic heterocycles. The van der Waals surface area contributed by atoms with Crippen LogP contribution in [0, 0.1) is 5.82 Å². The number of hydrogen-bond acceptors (Lipinski definition) is 3. The summed E-state index contributed by atoms with van der Waals surface area (Å²) in [6, 6.07) is 17.4. The number of aromatic nitrogens is 2. The van der Waals surface area contributed by atoms with Gasteiger partial charge in [0.15, 0.2) is 0 Å². The SMILES string of the molecule is NC(=S)c1cccc(Cn2c(C(=O)NCc3ccncc3)cc3cc(F)ccc32)c1. The van der Waals surface area contributed by atoms with Crippen molar-refractivity contribution in [1.29, 1.82) is 0 Å². The summed E-state index contributed by atoms with van der Waals surface area (Å²) in [5, 5.41) is 3.59. The van der Waals surface area contributed by atoms with Crippen LogP contribution < -0.4 is 11.1 Å². The van der Waals surface area contributed by atoms with Gasteiger partial charge in [0.1, 0.15) is 16.5 Å². The molecular weight excluding hydrogens is 399 g/mol. The normalized spacial score (nSPS) is 10.8. The Balaban J connectivity index is 1.69. The Kier molecular flexibility index (Phi) is 5.54. The first kappa shape index (κ1) is 19.7. The fourth-order valence-electron chi connectivity index (χ4n) is 3.38. The molecule has 0 saturated carbocycles. The van der Waals surface area contributed by atoms with Crippen LogP contribution in [0.25, 0.3) is 10.9 Å². The highest BCUT2D eigenvalue weighted by Crippen LogP contribution is 2.23. The number of halogens is 1. The average molecular weight is 418 g/mol. The Morgan fingerprint density at radius 2 is 1.87 bits per heavy atom. The van der Waals surface area contributed by atoms with Crippen molar-refractivity contribution >= 4 is 34.0 Å². The summed E-state index contributed by atoms with van der Waals surface area (Å²) in [6.45, 7) is 0.789. The molecule has 0 aliphatic heterocycles. The summed E-state index contributed by atoms with van der Waals surface area (Å²) in [5.41, 5.74) is 9.60. The van der Waals surface area contributed by atoms with Crippen LogP contribution >= 0.6 is 12.2 Å². The predicted octanol–water partition coefficient (Wildman–Crippen LogP) is 3.79. The molecule has 30 heavy (non-hydrogen) atoms. The van der Waals surface area contributed by atoms with Crippen molar-refractivity contribution in [2.45, 2.75) is 13.1 Å². The van der Waals surface area contributed by atoms with Gasteiger partial charge in [-0.1, -0.05) is 30.4 Å². The van der Waals surface area contributed by atoms with Crippen LogP contribution in [0.5, 0.6) is 0 Å². The highest BCUT2D eigenvalue weighted by atomic mass is 32.1. The van der Waals surface area contributed by atoms with E-state index in [0.717, 1.165) is 22.2 Å². The van der Waals surface area contributed by atoms with E-state index >= 15 is 0 Å². The molecule has 4 aromatic rings. The number of amides is 1. The van der Waals surface area contributed by atoms with E-state index < -0.39 is 0 Å². The van der Waals surface area contributed by atoms with E-state index in [-0.39, 0.29) is 11.7 Å². The lowest BCUT2D eigenvalue weighted by molar-refractivity contribution is 0.0942. The Morgan fingerprint density at radius 1 is 1.07 bits per heavy atom. The van der Waals surface area contributed by atoms with Gasteiger partial charge >= 0.3 is 0 Å². The number of nitrogens with two attached hydrogens (primary N) is 1. The Morgan fingerprint density at radius 3 is 2.63 bits per heavy atom. The highest BCUT2D eigenvalue weighted by Gasteiger charge is 2.16. The molecule has 0 radical (unpaired) electrons. The highest BCUT2D eigenvalue weighted by molar-refractivity contribution is 7.80. The van der Waals surface area contributed by atoms with E-state index in [0.29, 0.717) is 29.2 Å². The van der Waals surface area contributed by atoms with Gasteiger partial charge in [0, 0.05) is 41.9 Å². The number of rotatable bonds is 6. The first-order valence-electron chi connectivity index (χ1n) is 9.36. The number of benzene rings is 2. The smallest absolute Gasteiger partial charge is 0.268 e. The largest absolute Gasteiger partial charge is 0.389 e. The Labute approximate surface area is 178 Å². The molecule has 0 fully saturated rings. The summed E-state index contributed by atoms with van der Waals surface area (Å²) in [5.74, 6) is -0.590. The van der Waals surface area contributed by atoms with Crippen LogP contribution in [-0.2, 0) is 13.1 Å². The maximum atomic E-state index is 13.8. The predicted molar refractivity (Wildman–Crippen MR) is 119 cm³/mol. The van der Waals surface area contributed by atoms with Crippen LogP contribution in [0.2, 0.25) is 0 Å². The topological polar surface area (TPSA) is 72.9 Å². The standard InChI is InChI=1S/C23H19FN4OS/c24-19-4-5-20-18(11-19)12-21(23(29)27-13-15-6-8-26-9-7-15)28(20)14-16-2-1-3-17(10-16)22(25)30/h1-12H,13-14H2,(H2,25,30)(H,27,29). The first-order chi connectivity index (χ1) is 14.5. The monoisotopic (exact) mass is 418 g/mol. The van der Waals surface area contributed by atoms with Crippen LogP contribution in [0.4, 0.5) is 4.39 Å². The van der Waals surface area contributed by atoms with Gasteiger partial charge in [-0.05, 0) is 53.6 Å². The number of nitrogens with one attached hydrogen (secondary N) is 1. The molecule has 1 amide bonds. The van der Waals surface area contributed by atoms with Gasteiger partial charge < -0.3 is 15.6 Å². The van der Waals surface area contributed by atoms with Crippen molar-refractivity contribution in [3.8, 4) is 0 Å². The lowest BCUT2D eigenvalue weighted by Crippen LogP contribution is -2.25. The van der Waals surface area contributed by atoms with Gasteiger partial charge in [-0.2, -0.15) is 0 Å². The van der Waals surface area contributed by atoms with Crippen LogP contribution in [-0.4, -0.2) is 20.4 Å². The van der Waals surface area contributed by atoms with Gasteiger partial charge in [0.05, 0.1) is 0 Å². The molecule has 3 N–H and O–H groups in total. The first-order valence-corrected chi connectivity index (χ1v) is 9.77. The number of carbonyl (C=O) groups is 1.